The summed E-state index contributed by atoms with van der Waals surface area (Å²) in [5.74, 6) is 1.27. The summed E-state index contributed by atoms with van der Waals surface area (Å²) in [7, 11) is 3.49. The zero-order valence-electron chi connectivity index (χ0n) is 15.3. The molecule has 25 heavy (non-hydrogen) atoms. The van der Waals surface area contributed by atoms with Crippen molar-refractivity contribution in [2.24, 2.45) is 10.9 Å². The number of benzene rings is 1. The fourth-order valence-electron chi connectivity index (χ4n) is 2.76. The molecule has 0 spiro atoms. The second-order valence-corrected chi connectivity index (χ2v) is 7.36. The molecule has 1 fully saturated rings. The van der Waals surface area contributed by atoms with Crippen LogP contribution in [-0.4, -0.2) is 63.6 Å². The first-order valence-corrected chi connectivity index (χ1v) is 9.51. The largest absolute Gasteiger partial charge is 0.371 e. The Kier molecular flexibility index (Phi) is 7.55. The van der Waals surface area contributed by atoms with E-state index in [1.165, 1.54) is 5.69 Å². The van der Waals surface area contributed by atoms with Crippen molar-refractivity contribution in [2.45, 2.75) is 13.3 Å². The molecule has 1 saturated heterocycles. The molecule has 0 radical (unpaired) electrons. The number of carbonyl (C=O) groups is 1. The summed E-state index contributed by atoms with van der Waals surface area (Å²) in [6.07, 6.45) is 1.15. The molecule has 6 nitrogen and oxygen atoms in total. The van der Waals surface area contributed by atoms with Gasteiger partial charge >= 0.3 is 0 Å². The summed E-state index contributed by atoms with van der Waals surface area (Å²) in [6, 6.07) is 8.47. The first kappa shape index (κ1) is 19.6. The van der Waals surface area contributed by atoms with Crippen LogP contribution in [0.3, 0.4) is 0 Å². The van der Waals surface area contributed by atoms with Crippen molar-refractivity contribution < 1.29 is 4.79 Å². The number of aliphatic imine (C=N–C) groups is 1. The number of hydrogen-bond donors (Lipinski definition) is 2. The van der Waals surface area contributed by atoms with Crippen LogP contribution in [-0.2, 0) is 4.79 Å². The highest BCUT2D eigenvalue weighted by molar-refractivity contribution is 9.10. The van der Waals surface area contributed by atoms with Gasteiger partial charge in [-0.2, -0.15) is 0 Å². The molecule has 0 saturated carbocycles. The first-order valence-electron chi connectivity index (χ1n) is 8.72. The van der Waals surface area contributed by atoms with E-state index < -0.39 is 0 Å². The average molecular weight is 410 g/mol. The number of rotatable bonds is 6. The molecule has 1 aliphatic rings. The molecule has 2 rings (SSSR count). The maximum Gasteiger partial charge on any atom is 0.243 e. The van der Waals surface area contributed by atoms with E-state index in [0.717, 1.165) is 37.1 Å². The minimum absolute atomic E-state index is 0.000479. The summed E-state index contributed by atoms with van der Waals surface area (Å²) in [5, 5.41) is 6.57. The van der Waals surface area contributed by atoms with Crippen LogP contribution < -0.4 is 15.5 Å². The van der Waals surface area contributed by atoms with Crippen molar-refractivity contribution in [1.29, 1.82) is 0 Å². The summed E-state index contributed by atoms with van der Waals surface area (Å²) < 4.78 is 1.10. The number of halogens is 1. The van der Waals surface area contributed by atoms with Crippen LogP contribution in [0.15, 0.2) is 33.7 Å². The van der Waals surface area contributed by atoms with E-state index in [-0.39, 0.29) is 12.5 Å². The minimum atomic E-state index is -0.000479. The highest BCUT2D eigenvalue weighted by Gasteiger charge is 2.22. The van der Waals surface area contributed by atoms with Gasteiger partial charge in [0.05, 0.1) is 0 Å². The predicted octanol–water partition coefficient (Wildman–Crippen LogP) is 1.92. The van der Waals surface area contributed by atoms with Gasteiger partial charge in [-0.3, -0.25) is 4.79 Å². The van der Waals surface area contributed by atoms with Crippen LogP contribution in [0.25, 0.3) is 0 Å². The normalized spacial score (nSPS) is 17.5. The van der Waals surface area contributed by atoms with E-state index in [0.29, 0.717) is 11.9 Å². The smallest absolute Gasteiger partial charge is 0.243 e. The molecular formula is C18H28BrN5O. The summed E-state index contributed by atoms with van der Waals surface area (Å²) >= 11 is 3.48. The number of nitrogens with one attached hydrogen (secondary N) is 2. The van der Waals surface area contributed by atoms with Crippen LogP contribution >= 0.6 is 15.9 Å². The van der Waals surface area contributed by atoms with E-state index in [4.69, 9.17) is 0 Å². The molecule has 0 bridgehead atoms. The van der Waals surface area contributed by atoms with E-state index in [1.807, 2.05) is 6.92 Å². The molecule has 138 valence electrons. The third-order valence-electron chi connectivity index (χ3n) is 4.25. The van der Waals surface area contributed by atoms with E-state index in [2.05, 4.69) is 60.7 Å². The van der Waals surface area contributed by atoms with Gasteiger partial charge in [0.15, 0.2) is 5.96 Å². The molecule has 0 aliphatic carbocycles. The van der Waals surface area contributed by atoms with Crippen LogP contribution in [0.5, 0.6) is 0 Å². The minimum Gasteiger partial charge on any atom is -0.371 e. The lowest BCUT2D eigenvalue weighted by Gasteiger charge is -2.19. The van der Waals surface area contributed by atoms with Gasteiger partial charge in [0.25, 0.3) is 0 Å². The average Bonchev–Trinajstić information content (AvgIpc) is 3.06. The van der Waals surface area contributed by atoms with Crippen molar-refractivity contribution in [2.75, 3.05) is 51.7 Å². The van der Waals surface area contributed by atoms with Crippen LogP contribution in [0, 0.1) is 5.92 Å². The summed E-state index contributed by atoms with van der Waals surface area (Å²) in [4.78, 5) is 20.0. The second kappa shape index (κ2) is 9.65. The molecule has 1 atom stereocenters. The topological polar surface area (TPSA) is 60.0 Å². The van der Waals surface area contributed by atoms with Crippen molar-refractivity contribution in [3.05, 3.63) is 28.7 Å². The molecule has 7 heteroatoms. The summed E-state index contributed by atoms with van der Waals surface area (Å²) in [6.45, 7) is 5.92. The van der Waals surface area contributed by atoms with Gasteiger partial charge in [-0.15, -0.1) is 0 Å². The Labute approximate surface area is 158 Å². The van der Waals surface area contributed by atoms with E-state index in [1.54, 1.807) is 19.0 Å². The molecule has 1 amide bonds. The van der Waals surface area contributed by atoms with Crippen LogP contribution in [0.4, 0.5) is 5.69 Å². The highest BCUT2D eigenvalue weighted by Crippen LogP contribution is 2.24. The van der Waals surface area contributed by atoms with Crippen molar-refractivity contribution in [3.8, 4) is 0 Å². The zero-order chi connectivity index (χ0) is 18.2. The molecule has 1 aliphatic heterocycles. The molecule has 1 aromatic carbocycles. The summed E-state index contributed by atoms with van der Waals surface area (Å²) in [5.41, 5.74) is 1.27. The van der Waals surface area contributed by atoms with Gasteiger partial charge in [0.2, 0.25) is 5.91 Å². The monoisotopic (exact) mass is 409 g/mol. The molecule has 0 aromatic heterocycles. The lowest BCUT2D eigenvalue weighted by Crippen LogP contribution is -2.41. The van der Waals surface area contributed by atoms with Gasteiger partial charge in [-0.1, -0.05) is 15.9 Å². The second-order valence-electron chi connectivity index (χ2n) is 6.44. The van der Waals surface area contributed by atoms with Gasteiger partial charge in [0, 0.05) is 50.4 Å². The van der Waals surface area contributed by atoms with Gasteiger partial charge in [0.1, 0.15) is 6.54 Å². The Morgan fingerprint density at radius 3 is 2.68 bits per heavy atom. The molecule has 2 N–H and O–H groups in total. The van der Waals surface area contributed by atoms with Crippen LogP contribution in [0.1, 0.15) is 13.3 Å². The molecule has 1 aromatic rings. The standard InChI is InChI=1S/C18H28BrN5O/c1-4-20-18(22-12-17(25)23(2)3)21-11-14-9-10-24(13-14)16-7-5-15(19)6-8-16/h5-8,14H,4,9-13H2,1-3H3,(H2,20,21,22). The number of anilines is 1. The maximum absolute atomic E-state index is 11.7. The Bertz CT molecular complexity index is 588. The highest BCUT2D eigenvalue weighted by atomic mass is 79.9. The van der Waals surface area contributed by atoms with E-state index in [9.17, 15) is 4.79 Å². The van der Waals surface area contributed by atoms with Gasteiger partial charge in [-0.05, 0) is 43.5 Å². The first-order chi connectivity index (χ1) is 12.0. The maximum atomic E-state index is 11.7. The van der Waals surface area contributed by atoms with Gasteiger partial charge in [-0.25, -0.2) is 4.99 Å². The lowest BCUT2D eigenvalue weighted by atomic mass is 10.1. The number of amides is 1. The third kappa shape index (κ3) is 6.23. The predicted molar refractivity (Wildman–Crippen MR) is 107 cm³/mol. The number of likely N-dealkylation sites (N-methyl/N-ethyl adjacent to an activating group) is 1. The number of carbonyl (C=O) groups excluding carboxylic acids is 1. The van der Waals surface area contributed by atoms with Crippen molar-refractivity contribution in [1.82, 2.24) is 15.5 Å². The van der Waals surface area contributed by atoms with Crippen LogP contribution in [0.2, 0.25) is 0 Å². The third-order valence-corrected chi connectivity index (χ3v) is 4.78. The number of nitrogens with zero attached hydrogens (tertiary/aromatic N) is 3. The molecule has 1 heterocycles. The van der Waals surface area contributed by atoms with Crippen molar-refractivity contribution >= 4 is 33.5 Å². The number of guanidine groups is 1. The Balaban J connectivity index is 1.83. The molecule has 1 unspecified atom stereocenters. The Hall–Kier alpha value is -1.76. The quantitative estimate of drug-likeness (QED) is 0.556. The Morgan fingerprint density at radius 1 is 1.32 bits per heavy atom. The molecular weight excluding hydrogens is 382 g/mol. The SMILES string of the molecule is CCNC(=NCC(=O)N(C)C)NCC1CCN(c2ccc(Br)cc2)C1. The fourth-order valence-corrected chi connectivity index (χ4v) is 3.02. The van der Waals surface area contributed by atoms with E-state index >= 15 is 0 Å². The fraction of sp³-hybridized carbons (Fsp3) is 0.556. The van der Waals surface area contributed by atoms with Gasteiger partial charge < -0.3 is 20.4 Å². The zero-order valence-corrected chi connectivity index (χ0v) is 16.8. The Morgan fingerprint density at radius 2 is 2.04 bits per heavy atom. The lowest BCUT2D eigenvalue weighted by molar-refractivity contribution is -0.127. The van der Waals surface area contributed by atoms with Crippen molar-refractivity contribution in [3.63, 3.8) is 0 Å². The number of hydrogen-bond acceptors (Lipinski definition) is 3.